The van der Waals surface area contributed by atoms with Crippen LogP contribution in [0.5, 0.6) is 0 Å². The van der Waals surface area contributed by atoms with Crippen LogP contribution in [-0.4, -0.2) is 23.9 Å². The first kappa shape index (κ1) is 17.3. The van der Waals surface area contributed by atoms with E-state index in [0.29, 0.717) is 25.9 Å². The van der Waals surface area contributed by atoms with Gasteiger partial charge in [0.1, 0.15) is 0 Å². The van der Waals surface area contributed by atoms with E-state index in [4.69, 9.17) is 5.73 Å². The lowest BCUT2D eigenvalue weighted by atomic mass is 10.1. The molecule has 0 saturated heterocycles. The molecule has 6 nitrogen and oxygen atoms in total. The summed E-state index contributed by atoms with van der Waals surface area (Å²) in [5.41, 5.74) is 6.15. The number of benzene rings is 1. The normalized spacial score (nSPS) is 9.53. The number of aryl methyl sites for hydroxylation is 1. The van der Waals surface area contributed by atoms with Crippen molar-refractivity contribution in [2.24, 2.45) is 5.73 Å². The van der Waals surface area contributed by atoms with Crippen LogP contribution in [0.1, 0.15) is 18.4 Å². The number of non-ortho nitro benzene ring substituents is 1. The molecule has 1 rings (SSSR count). The smallest absolute Gasteiger partial charge is 0.269 e. The second-order valence-electron chi connectivity index (χ2n) is 3.92. The highest BCUT2D eigenvalue weighted by atomic mass is 35.5. The van der Waals surface area contributed by atoms with Gasteiger partial charge in [0, 0.05) is 25.1 Å². The van der Waals surface area contributed by atoms with Gasteiger partial charge < -0.3 is 11.1 Å². The van der Waals surface area contributed by atoms with Crippen LogP contribution < -0.4 is 11.1 Å². The lowest BCUT2D eigenvalue weighted by molar-refractivity contribution is -0.384. The van der Waals surface area contributed by atoms with E-state index in [1.54, 1.807) is 12.1 Å². The number of carbonyl (C=O) groups excluding carboxylic acids is 1. The molecule has 0 heterocycles. The Bertz CT molecular complexity index is 426. The molecule has 1 aromatic carbocycles. The minimum absolute atomic E-state index is 0. The van der Waals surface area contributed by atoms with Crippen LogP contribution in [0.3, 0.4) is 0 Å². The van der Waals surface area contributed by atoms with Crippen LogP contribution >= 0.6 is 12.4 Å². The number of carbonyl (C=O) groups is 1. The van der Waals surface area contributed by atoms with Crippen molar-refractivity contribution < 1.29 is 9.72 Å². The maximum absolute atomic E-state index is 11.4. The largest absolute Gasteiger partial charge is 0.356 e. The molecule has 0 radical (unpaired) electrons. The van der Waals surface area contributed by atoms with E-state index in [0.717, 1.165) is 12.0 Å². The van der Waals surface area contributed by atoms with Crippen molar-refractivity contribution >= 4 is 24.0 Å². The van der Waals surface area contributed by atoms with Crippen molar-refractivity contribution in [1.29, 1.82) is 0 Å². The lowest BCUT2D eigenvalue weighted by Gasteiger charge is -2.04. The zero-order valence-electron chi connectivity index (χ0n) is 10.5. The van der Waals surface area contributed by atoms with Crippen LogP contribution in [0.25, 0.3) is 0 Å². The Morgan fingerprint density at radius 3 is 2.79 bits per heavy atom. The predicted octanol–water partition coefficient (Wildman–Crippen LogP) is 1.41. The van der Waals surface area contributed by atoms with E-state index in [1.165, 1.54) is 12.1 Å². The minimum Gasteiger partial charge on any atom is -0.356 e. The second kappa shape index (κ2) is 9.29. The van der Waals surface area contributed by atoms with Crippen molar-refractivity contribution in [2.45, 2.75) is 19.3 Å². The Balaban J connectivity index is 0.00000324. The topological polar surface area (TPSA) is 98.3 Å². The van der Waals surface area contributed by atoms with E-state index in [9.17, 15) is 14.9 Å². The Morgan fingerprint density at radius 1 is 1.42 bits per heavy atom. The highest BCUT2D eigenvalue weighted by Gasteiger charge is 2.07. The van der Waals surface area contributed by atoms with Crippen molar-refractivity contribution in [3.63, 3.8) is 0 Å². The molecule has 0 spiro atoms. The summed E-state index contributed by atoms with van der Waals surface area (Å²) in [7, 11) is 0. The molecule has 0 bridgehead atoms. The van der Waals surface area contributed by atoms with Gasteiger partial charge in [-0.3, -0.25) is 14.9 Å². The second-order valence-corrected chi connectivity index (χ2v) is 3.92. The van der Waals surface area contributed by atoms with Gasteiger partial charge in [0.2, 0.25) is 5.91 Å². The molecule has 19 heavy (non-hydrogen) atoms. The highest BCUT2D eigenvalue weighted by Crippen LogP contribution is 2.14. The molecule has 7 heteroatoms. The molecule has 0 saturated carbocycles. The summed E-state index contributed by atoms with van der Waals surface area (Å²) in [5.74, 6) is -0.0602. The molecule has 0 unspecified atom stereocenters. The fourth-order valence-electron chi connectivity index (χ4n) is 1.50. The standard InChI is InChI=1S/C12H17N3O3.ClH/c13-7-2-8-14-12(16)6-5-10-3-1-4-11(9-10)15(17)18;/h1,3-4,9H,2,5-8,13H2,(H,14,16);1H. The highest BCUT2D eigenvalue weighted by molar-refractivity contribution is 5.85. The van der Waals surface area contributed by atoms with E-state index >= 15 is 0 Å². The van der Waals surface area contributed by atoms with Gasteiger partial charge in [0.25, 0.3) is 5.69 Å². The minimum atomic E-state index is -0.440. The summed E-state index contributed by atoms with van der Waals surface area (Å²) in [6, 6.07) is 6.33. The maximum Gasteiger partial charge on any atom is 0.269 e. The monoisotopic (exact) mass is 287 g/mol. The zero-order valence-corrected chi connectivity index (χ0v) is 11.3. The molecule has 0 aliphatic heterocycles. The third kappa shape index (κ3) is 6.73. The van der Waals surface area contributed by atoms with Gasteiger partial charge in [0.05, 0.1) is 4.92 Å². The van der Waals surface area contributed by atoms with Crippen LogP contribution in [0, 0.1) is 10.1 Å². The SMILES string of the molecule is Cl.NCCCNC(=O)CCc1cccc([N+](=O)[O-])c1. The summed E-state index contributed by atoms with van der Waals surface area (Å²) >= 11 is 0. The lowest BCUT2D eigenvalue weighted by Crippen LogP contribution is -2.26. The van der Waals surface area contributed by atoms with Gasteiger partial charge in [-0.15, -0.1) is 12.4 Å². The number of nitrogens with two attached hydrogens (primary N) is 1. The number of hydrogen-bond donors (Lipinski definition) is 2. The fraction of sp³-hybridized carbons (Fsp3) is 0.417. The molecule has 0 aromatic heterocycles. The molecule has 1 amide bonds. The molecular weight excluding hydrogens is 270 g/mol. The number of nitro benzene ring substituents is 1. The van der Waals surface area contributed by atoms with E-state index in [-0.39, 0.29) is 24.0 Å². The summed E-state index contributed by atoms with van der Waals surface area (Å²) < 4.78 is 0. The predicted molar refractivity (Wildman–Crippen MR) is 75.3 cm³/mol. The van der Waals surface area contributed by atoms with E-state index in [1.807, 2.05) is 0 Å². The number of halogens is 1. The van der Waals surface area contributed by atoms with Crippen molar-refractivity contribution in [3.8, 4) is 0 Å². The number of nitrogens with zero attached hydrogens (tertiary/aromatic N) is 1. The van der Waals surface area contributed by atoms with Crippen LogP contribution in [0.15, 0.2) is 24.3 Å². The average Bonchev–Trinajstić information content (AvgIpc) is 2.37. The van der Waals surface area contributed by atoms with Crippen molar-refractivity contribution in [1.82, 2.24) is 5.32 Å². The first-order chi connectivity index (χ1) is 8.63. The molecule has 106 valence electrons. The molecule has 3 N–H and O–H groups in total. The number of nitrogens with one attached hydrogen (secondary N) is 1. The van der Waals surface area contributed by atoms with Gasteiger partial charge in [0.15, 0.2) is 0 Å². The van der Waals surface area contributed by atoms with Gasteiger partial charge in [-0.25, -0.2) is 0 Å². The Labute approximate surface area is 117 Å². The van der Waals surface area contributed by atoms with Crippen molar-refractivity contribution in [3.05, 3.63) is 39.9 Å². The van der Waals surface area contributed by atoms with Crippen LogP contribution in [0.2, 0.25) is 0 Å². The third-order valence-corrected chi connectivity index (χ3v) is 2.47. The fourth-order valence-corrected chi connectivity index (χ4v) is 1.50. The first-order valence-electron chi connectivity index (χ1n) is 5.83. The molecule has 0 aliphatic rings. The maximum atomic E-state index is 11.4. The Hall–Kier alpha value is -1.66. The quantitative estimate of drug-likeness (QED) is 0.450. The zero-order chi connectivity index (χ0) is 13.4. The third-order valence-electron chi connectivity index (χ3n) is 2.47. The Morgan fingerprint density at radius 2 is 2.16 bits per heavy atom. The number of rotatable bonds is 7. The summed E-state index contributed by atoms with van der Waals surface area (Å²) in [6.07, 6.45) is 1.57. The van der Waals surface area contributed by atoms with Gasteiger partial charge in [-0.1, -0.05) is 12.1 Å². The molecule has 0 aliphatic carbocycles. The van der Waals surface area contributed by atoms with Gasteiger partial charge in [-0.05, 0) is 24.9 Å². The van der Waals surface area contributed by atoms with Gasteiger partial charge in [-0.2, -0.15) is 0 Å². The number of nitro groups is 1. The van der Waals surface area contributed by atoms with Crippen LogP contribution in [-0.2, 0) is 11.2 Å². The molecule has 0 fully saturated rings. The molecule has 1 aromatic rings. The molecule has 0 atom stereocenters. The summed E-state index contributed by atoms with van der Waals surface area (Å²) in [5, 5.41) is 13.3. The van der Waals surface area contributed by atoms with E-state index < -0.39 is 4.92 Å². The Kier molecular flexibility index (Phi) is 8.48. The van der Waals surface area contributed by atoms with Gasteiger partial charge >= 0.3 is 0 Å². The van der Waals surface area contributed by atoms with E-state index in [2.05, 4.69) is 5.32 Å². The van der Waals surface area contributed by atoms with Crippen molar-refractivity contribution in [2.75, 3.05) is 13.1 Å². The summed E-state index contributed by atoms with van der Waals surface area (Å²) in [4.78, 5) is 21.6. The summed E-state index contributed by atoms with van der Waals surface area (Å²) in [6.45, 7) is 1.12. The number of amides is 1. The first-order valence-corrected chi connectivity index (χ1v) is 5.83. The molecular formula is C12H18ClN3O3. The van der Waals surface area contributed by atoms with Crippen LogP contribution in [0.4, 0.5) is 5.69 Å². The number of hydrogen-bond acceptors (Lipinski definition) is 4. The average molecular weight is 288 g/mol.